The first-order valence-corrected chi connectivity index (χ1v) is 16.7. The number of aromatic hydroxyl groups is 1. The van der Waals surface area contributed by atoms with Crippen molar-refractivity contribution in [2.24, 2.45) is 17.4 Å². The number of guanidine groups is 1. The third-order valence-electron chi connectivity index (χ3n) is 8.01. The van der Waals surface area contributed by atoms with E-state index >= 15 is 0 Å². The standard InChI is InChI=1S/C32H50N10O9/c1-18(2)27(31(51)36-13-11-26(46)47)41-28(48)21(5-3-12-37-32(34)35)39-29(49)22(15-19-7-9-20(43)10-8-19)40-30(50)23-6-4-14-42(23)25(45)17-38-24(44)16-33/h7-10,18,21-23,27,43H,3-6,11-17,33H2,1-2H3,(H,36,51)(H,38,44)(H,39,49)(H,40,50)(H,41,48)(H,46,47)(H4,34,35,37)/t21-,22+,23-,27+/m0/s1. The second kappa shape index (κ2) is 20.9. The molecule has 0 saturated carbocycles. The van der Waals surface area contributed by atoms with Crippen molar-refractivity contribution in [2.75, 3.05) is 32.7 Å². The molecule has 0 radical (unpaired) electrons. The Hall–Kier alpha value is -5.46. The lowest BCUT2D eigenvalue weighted by molar-refractivity contribution is -0.140. The lowest BCUT2D eigenvalue weighted by Gasteiger charge is -2.28. The van der Waals surface area contributed by atoms with E-state index in [1.807, 2.05) is 0 Å². The Kier molecular flexibility index (Phi) is 17.1. The van der Waals surface area contributed by atoms with Crippen molar-refractivity contribution in [1.82, 2.24) is 36.8 Å². The Morgan fingerprint density at radius 1 is 0.922 bits per heavy atom. The Balaban J connectivity index is 2.31. The zero-order valence-corrected chi connectivity index (χ0v) is 28.8. The summed E-state index contributed by atoms with van der Waals surface area (Å²) in [7, 11) is 0. The minimum Gasteiger partial charge on any atom is -0.508 e. The van der Waals surface area contributed by atoms with E-state index in [0.717, 1.165) is 0 Å². The summed E-state index contributed by atoms with van der Waals surface area (Å²) < 4.78 is 0. The largest absolute Gasteiger partial charge is 0.508 e. The number of carboxylic acid groups (broad SMARTS) is 1. The molecule has 19 nitrogen and oxygen atoms in total. The van der Waals surface area contributed by atoms with Gasteiger partial charge >= 0.3 is 5.97 Å². The average molecular weight is 719 g/mol. The first-order chi connectivity index (χ1) is 24.1. The van der Waals surface area contributed by atoms with E-state index in [1.54, 1.807) is 26.0 Å². The molecule has 1 heterocycles. The maximum absolute atomic E-state index is 13.9. The molecule has 0 aromatic heterocycles. The molecule has 13 N–H and O–H groups in total. The molecule has 19 heteroatoms. The maximum Gasteiger partial charge on any atom is 0.305 e. The molecule has 0 unspecified atom stereocenters. The third kappa shape index (κ3) is 14.5. The van der Waals surface area contributed by atoms with Crippen LogP contribution in [0.1, 0.15) is 51.5 Å². The molecule has 0 aliphatic carbocycles. The number of nitrogens with two attached hydrogens (primary N) is 2. The molecular weight excluding hydrogens is 668 g/mol. The number of aliphatic carboxylic acids is 1. The molecule has 0 spiro atoms. The number of likely N-dealkylation sites (tertiary alicyclic amines) is 1. The summed E-state index contributed by atoms with van der Waals surface area (Å²) in [5.74, 6) is -5.61. The van der Waals surface area contributed by atoms with E-state index in [-0.39, 0.29) is 70.1 Å². The summed E-state index contributed by atoms with van der Waals surface area (Å²) in [5.41, 5.74) is 11.2. The van der Waals surface area contributed by atoms with Gasteiger partial charge in [-0.25, -0.2) is 0 Å². The third-order valence-corrected chi connectivity index (χ3v) is 8.01. The van der Waals surface area contributed by atoms with Gasteiger partial charge in [0.05, 0.1) is 19.5 Å². The molecule has 282 valence electrons. The number of nitrogens with one attached hydrogen (secondary N) is 7. The highest BCUT2D eigenvalue weighted by Gasteiger charge is 2.37. The molecule has 1 aromatic carbocycles. The second-order valence-corrected chi connectivity index (χ2v) is 12.4. The van der Waals surface area contributed by atoms with Gasteiger partial charge in [-0.05, 0) is 49.3 Å². The first kappa shape index (κ1) is 41.7. The van der Waals surface area contributed by atoms with Crippen molar-refractivity contribution in [3.63, 3.8) is 0 Å². The summed E-state index contributed by atoms with van der Waals surface area (Å²) in [6, 6.07) is 1.43. The number of carbonyl (C=O) groups excluding carboxylic acids is 6. The van der Waals surface area contributed by atoms with Crippen LogP contribution in [0, 0.1) is 11.3 Å². The van der Waals surface area contributed by atoms with Crippen molar-refractivity contribution in [3.05, 3.63) is 29.8 Å². The molecule has 1 fully saturated rings. The van der Waals surface area contributed by atoms with Crippen LogP contribution >= 0.6 is 0 Å². The fourth-order valence-corrected chi connectivity index (χ4v) is 5.29. The minimum absolute atomic E-state index is 0.0202. The molecule has 1 aliphatic rings. The van der Waals surface area contributed by atoms with E-state index in [1.165, 1.54) is 17.0 Å². The number of amides is 6. The van der Waals surface area contributed by atoms with Gasteiger partial charge in [-0.1, -0.05) is 26.0 Å². The molecule has 51 heavy (non-hydrogen) atoms. The Bertz CT molecular complexity index is 1410. The zero-order valence-electron chi connectivity index (χ0n) is 28.8. The maximum atomic E-state index is 13.9. The predicted octanol–water partition coefficient (Wildman–Crippen LogP) is -3.03. The number of phenols is 1. The van der Waals surface area contributed by atoms with Gasteiger partial charge in [0.1, 0.15) is 29.9 Å². The molecule has 1 aromatic rings. The van der Waals surface area contributed by atoms with Crippen molar-refractivity contribution in [1.29, 1.82) is 5.41 Å². The van der Waals surface area contributed by atoms with Crippen molar-refractivity contribution in [3.8, 4) is 5.75 Å². The van der Waals surface area contributed by atoms with Gasteiger partial charge in [0.15, 0.2) is 5.96 Å². The van der Waals surface area contributed by atoms with Crippen LogP contribution < -0.4 is 43.4 Å². The van der Waals surface area contributed by atoms with Gasteiger partial charge < -0.3 is 58.5 Å². The fourth-order valence-electron chi connectivity index (χ4n) is 5.29. The van der Waals surface area contributed by atoms with Crippen LogP contribution in [-0.4, -0.2) is 119 Å². The number of nitrogens with zero attached hydrogens (tertiary/aromatic N) is 1. The van der Waals surface area contributed by atoms with Gasteiger partial charge in [0, 0.05) is 26.1 Å². The number of benzene rings is 1. The number of carbonyl (C=O) groups is 7. The van der Waals surface area contributed by atoms with Crippen LogP contribution in [0.5, 0.6) is 5.75 Å². The van der Waals surface area contributed by atoms with E-state index in [2.05, 4.69) is 31.9 Å². The smallest absolute Gasteiger partial charge is 0.305 e. The summed E-state index contributed by atoms with van der Waals surface area (Å²) in [5, 5.41) is 41.5. The monoisotopic (exact) mass is 718 g/mol. The SMILES string of the molecule is CC(C)[C@@H](NC(=O)[C@H](CCCNC(=N)N)NC(=O)[C@@H](Cc1ccc(O)cc1)NC(=O)[C@@H]1CCCN1C(=O)CNC(=O)CN)C(=O)NCCC(=O)O. The van der Waals surface area contributed by atoms with Gasteiger partial charge in [0.25, 0.3) is 0 Å². The number of carboxylic acids is 1. The van der Waals surface area contributed by atoms with Crippen LogP contribution in [0.25, 0.3) is 0 Å². The predicted molar refractivity (Wildman–Crippen MR) is 184 cm³/mol. The summed E-state index contributed by atoms with van der Waals surface area (Å²) >= 11 is 0. The van der Waals surface area contributed by atoms with Crippen molar-refractivity contribution >= 4 is 47.4 Å². The van der Waals surface area contributed by atoms with Crippen LogP contribution in [0.4, 0.5) is 0 Å². The van der Waals surface area contributed by atoms with E-state index in [4.69, 9.17) is 22.0 Å². The number of hydrogen-bond donors (Lipinski definition) is 11. The number of rotatable bonds is 20. The van der Waals surface area contributed by atoms with Crippen LogP contribution in [0.3, 0.4) is 0 Å². The lowest BCUT2D eigenvalue weighted by atomic mass is 10.0. The molecule has 4 atom stereocenters. The molecule has 1 saturated heterocycles. The van der Waals surface area contributed by atoms with Crippen LogP contribution in [-0.2, 0) is 40.0 Å². The van der Waals surface area contributed by atoms with E-state index in [9.17, 15) is 38.7 Å². The first-order valence-electron chi connectivity index (χ1n) is 16.7. The normalized spacial score (nSPS) is 15.5. The minimum atomic E-state index is -1.26. The van der Waals surface area contributed by atoms with E-state index in [0.29, 0.717) is 18.4 Å². The highest BCUT2D eigenvalue weighted by Crippen LogP contribution is 2.19. The van der Waals surface area contributed by atoms with Crippen molar-refractivity contribution < 1.29 is 43.8 Å². The molecule has 6 amide bonds. The van der Waals surface area contributed by atoms with Gasteiger partial charge in [-0.15, -0.1) is 0 Å². The average Bonchev–Trinajstić information content (AvgIpc) is 3.57. The lowest BCUT2D eigenvalue weighted by Crippen LogP contribution is -2.59. The Morgan fingerprint density at radius 2 is 1.59 bits per heavy atom. The molecule has 1 aliphatic heterocycles. The quantitative estimate of drug-likeness (QED) is 0.0364. The van der Waals surface area contributed by atoms with Crippen molar-refractivity contribution in [2.45, 2.75) is 76.5 Å². The van der Waals surface area contributed by atoms with Gasteiger partial charge in [0.2, 0.25) is 35.4 Å². The second-order valence-electron chi connectivity index (χ2n) is 12.4. The summed E-state index contributed by atoms with van der Waals surface area (Å²) in [6.07, 6.45) is 0.701. The van der Waals surface area contributed by atoms with Crippen LogP contribution in [0.15, 0.2) is 24.3 Å². The molecule has 2 rings (SSSR count). The van der Waals surface area contributed by atoms with Gasteiger partial charge in [-0.3, -0.25) is 39.0 Å². The number of phenolic OH excluding ortho intramolecular Hbond substituents is 1. The molecular formula is C32H50N10O9. The van der Waals surface area contributed by atoms with Gasteiger partial charge in [-0.2, -0.15) is 0 Å². The molecule has 0 bridgehead atoms. The summed E-state index contributed by atoms with van der Waals surface area (Å²) in [4.78, 5) is 90.6. The van der Waals surface area contributed by atoms with E-state index < -0.39 is 71.5 Å². The summed E-state index contributed by atoms with van der Waals surface area (Å²) in [6.45, 7) is 2.97. The Morgan fingerprint density at radius 3 is 2.20 bits per heavy atom. The topological polar surface area (TPSA) is 311 Å². The highest BCUT2D eigenvalue weighted by atomic mass is 16.4. The Labute approximate surface area is 295 Å². The fraction of sp³-hybridized carbons (Fsp3) is 0.562. The highest BCUT2D eigenvalue weighted by molar-refractivity contribution is 5.96. The number of hydrogen-bond acceptors (Lipinski definition) is 10. The van der Waals surface area contributed by atoms with Crippen LogP contribution in [0.2, 0.25) is 0 Å². The zero-order chi connectivity index (χ0) is 38.1.